The molecule has 1 aromatic rings. The number of rotatable bonds is 6. The molecule has 0 radical (unpaired) electrons. The molecule has 0 heterocycles. The Labute approximate surface area is 133 Å². The Hall–Kier alpha value is -0.860. The number of carbonyl (C=O) groups is 1. The predicted molar refractivity (Wildman–Crippen MR) is 79.0 cm³/mol. The molecule has 118 valence electrons. The third kappa shape index (κ3) is 4.55. The number of aliphatic hydroxyl groups excluding tert-OH is 1. The second kappa shape index (κ2) is 7.42. The van der Waals surface area contributed by atoms with Crippen LogP contribution in [0.1, 0.15) is 12.5 Å². The van der Waals surface area contributed by atoms with Gasteiger partial charge >= 0.3 is 5.97 Å². The molecule has 0 aliphatic rings. The van der Waals surface area contributed by atoms with E-state index in [4.69, 9.17) is 28.3 Å². The summed E-state index contributed by atoms with van der Waals surface area (Å²) in [6.45, 7) is 2.55. The molecule has 0 aliphatic carbocycles. The normalized spacial score (nSPS) is 13.0. The average molecular weight is 356 g/mol. The lowest BCUT2D eigenvalue weighted by molar-refractivity contribution is -0.146. The Balaban J connectivity index is 3.08. The second-order valence-electron chi connectivity index (χ2n) is 4.12. The number of nitrogens with one attached hydrogen (secondary N) is 1. The van der Waals surface area contributed by atoms with Crippen LogP contribution in [0.3, 0.4) is 0 Å². The van der Waals surface area contributed by atoms with Crippen LogP contribution in [0.15, 0.2) is 17.0 Å². The second-order valence-corrected chi connectivity index (χ2v) is 6.65. The first-order valence-electron chi connectivity index (χ1n) is 5.98. The van der Waals surface area contributed by atoms with Crippen LogP contribution in [0.5, 0.6) is 0 Å². The molecular formula is C12H15Cl2NO5S. The summed E-state index contributed by atoms with van der Waals surface area (Å²) < 4.78 is 31.1. The minimum atomic E-state index is -4.08. The van der Waals surface area contributed by atoms with Crippen molar-refractivity contribution < 1.29 is 23.1 Å². The van der Waals surface area contributed by atoms with Gasteiger partial charge in [-0.3, -0.25) is 4.79 Å². The van der Waals surface area contributed by atoms with Gasteiger partial charge in [0.05, 0.1) is 18.1 Å². The van der Waals surface area contributed by atoms with E-state index in [0.717, 1.165) is 0 Å². The van der Waals surface area contributed by atoms with Crippen molar-refractivity contribution in [3.8, 4) is 0 Å². The first-order chi connectivity index (χ1) is 9.72. The molecule has 0 saturated carbocycles. The van der Waals surface area contributed by atoms with Gasteiger partial charge in [-0.05, 0) is 31.5 Å². The standard InChI is InChI=1S/C12H15Cl2NO5S/c1-3-20-12(17)11(6-16)15-21(18,19)8-4-9(13)7(2)10(14)5-8/h4-5,11,15-16H,3,6H2,1-2H3/t11-/m1/s1. The smallest absolute Gasteiger partial charge is 0.326 e. The van der Waals surface area contributed by atoms with E-state index >= 15 is 0 Å². The summed E-state index contributed by atoms with van der Waals surface area (Å²) in [6, 6.07) is 1.03. The molecule has 1 rings (SSSR count). The highest BCUT2D eigenvalue weighted by Gasteiger charge is 2.27. The van der Waals surface area contributed by atoms with Gasteiger partial charge in [0.25, 0.3) is 0 Å². The maximum absolute atomic E-state index is 12.2. The molecule has 6 nitrogen and oxygen atoms in total. The van der Waals surface area contributed by atoms with Crippen molar-refractivity contribution in [1.82, 2.24) is 4.72 Å². The number of benzene rings is 1. The molecule has 0 bridgehead atoms. The molecule has 9 heteroatoms. The Morgan fingerprint density at radius 1 is 1.38 bits per heavy atom. The van der Waals surface area contributed by atoms with E-state index in [0.29, 0.717) is 5.56 Å². The summed E-state index contributed by atoms with van der Waals surface area (Å²) >= 11 is 11.8. The van der Waals surface area contributed by atoms with Crippen molar-refractivity contribution in [2.45, 2.75) is 24.8 Å². The minimum Gasteiger partial charge on any atom is -0.465 e. The molecule has 0 aromatic heterocycles. The van der Waals surface area contributed by atoms with Crippen LogP contribution in [-0.2, 0) is 19.6 Å². The molecule has 0 spiro atoms. The van der Waals surface area contributed by atoms with Crippen LogP contribution >= 0.6 is 23.2 Å². The van der Waals surface area contributed by atoms with E-state index in [-0.39, 0.29) is 21.5 Å². The predicted octanol–water partition coefficient (Wildman–Crippen LogP) is 1.50. The van der Waals surface area contributed by atoms with Gasteiger partial charge in [-0.15, -0.1) is 0 Å². The van der Waals surface area contributed by atoms with E-state index in [9.17, 15) is 13.2 Å². The number of halogens is 2. The fourth-order valence-electron chi connectivity index (χ4n) is 1.44. The Bertz CT molecular complexity index is 610. The molecular weight excluding hydrogens is 341 g/mol. The quantitative estimate of drug-likeness (QED) is 0.754. The first kappa shape index (κ1) is 18.2. The minimum absolute atomic E-state index is 0.0687. The fraction of sp³-hybridized carbons (Fsp3) is 0.417. The molecule has 0 amide bonds. The topological polar surface area (TPSA) is 92.7 Å². The van der Waals surface area contributed by atoms with Gasteiger partial charge in [0.15, 0.2) is 0 Å². The number of esters is 1. The molecule has 1 aromatic carbocycles. The number of aliphatic hydroxyl groups is 1. The summed E-state index contributed by atoms with van der Waals surface area (Å²) in [4.78, 5) is 11.3. The van der Waals surface area contributed by atoms with Crippen LogP contribution in [0, 0.1) is 6.92 Å². The van der Waals surface area contributed by atoms with Crippen molar-refractivity contribution in [3.63, 3.8) is 0 Å². The maximum Gasteiger partial charge on any atom is 0.326 e. The van der Waals surface area contributed by atoms with E-state index < -0.39 is 28.6 Å². The molecule has 0 saturated heterocycles. The lowest BCUT2D eigenvalue weighted by Crippen LogP contribution is -2.44. The largest absolute Gasteiger partial charge is 0.465 e. The first-order valence-corrected chi connectivity index (χ1v) is 8.22. The summed E-state index contributed by atoms with van der Waals surface area (Å²) in [7, 11) is -4.08. The highest BCUT2D eigenvalue weighted by molar-refractivity contribution is 7.89. The summed E-state index contributed by atoms with van der Waals surface area (Å²) in [6.07, 6.45) is 0. The van der Waals surface area contributed by atoms with Gasteiger partial charge in [-0.1, -0.05) is 23.2 Å². The number of sulfonamides is 1. The third-order valence-electron chi connectivity index (χ3n) is 2.62. The monoisotopic (exact) mass is 355 g/mol. The Kier molecular flexibility index (Phi) is 6.42. The lowest BCUT2D eigenvalue weighted by Gasteiger charge is -2.15. The van der Waals surface area contributed by atoms with Crippen molar-refractivity contribution in [2.75, 3.05) is 13.2 Å². The van der Waals surface area contributed by atoms with Gasteiger partial charge in [-0.25, -0.2) is 8.42 Å². The summed E-state index contributed by atoms with van der Waals surface area (Å²) in [5.74, 6) is -0.868. The zero-order chi connectivity index (χ0) is 16.2. The van der Waals surface area contributed by atoms with Crippen LogP contribution < -0.4 is 4.72 Å². The van der Waals surface area contributed by atoms with Crippen molar-refractivity contribution >= 4 is 39.2 Å². The highest BCUT2D eigenvalue weighted by Crippen LogP contribution is 2.27. The number of ether oxygens (including phenoxy) is 1. The molecule has 0 unspecified atom stereocenters. The highest BCUT2D eigenvalue weighted by atomic mass is 35.5. The maximum atomic E-state index is 12.2. The summed E-state index contributed by atoms with van der Waals surface area (Å²) in [5.41, 5.74) is 0.543. The number of hydrogen-bond acceptors (Lipinski definition) is 5. The van der Waals surface area contributed by atoms with Crippen LogP contribution in [0.4, 0.5) is 0 Å². The zero-order valence-electron chi connectivity index (χ0n) is 11.4. The van der Waals surface area contributed by atoms with E-state index in [1.807, 2.05) is 4.72 Å². The SMILES string of the molecule is CCOC(=O)[C@@H](CO)NS(=O)(=O)c1cc(Cl)c(C)c(Cl)c1. The Morgan fingerprint density at radius 2 is 1.90 bits per heavy atom. The van der Waals surface area contributed by atoms with E-state index in [1.54, 1.807) is 13.8 Å². The molecule has 1 atom stereocenters. The Morgan fingerprint density at radius 3 is 2.33 bits per heavy atom. The van der Waals surface area contributed by atoms with Gasteiger partial charge in [0.2, 0.25) is 10.0 Å². The summed E-state index contributed by atoms with van der Waals surface area (Å²) in [5, 5.41) is 9.47. The van der Waals surface area contributed by atoms with Crippen molar-refractivity contribution in [2.24, 2.45) is 0 Å². The number of carbonyl (C=O) groups excluding carboxylic acids is 1. The van der Waals surface area contributed by atoms with Crippen LogP contribution in [-0.4, -0.2) is 38.7 Å². The van der Waals surface area contributed by atoms with Gasteiger partial charge in [0.1, 0.15) is 6.04 Å². The fourth-order valence-corrected chi connectivity index (χ4v) is 3.28. The van der Waals surface area contributed by atoms with E-state index in [1.165, 1.54) is 12.1 Å². The molecule has 2 N–H and O–H groups in total. The zero-order valence-corrected chi connectivity index (χ0v) is 13.7. The third-order valence-corrected chi connectivity index (χ3v) is 4.85. The number of hydrogen-bond donors (Lipinski definition) is 2. The molecule has 0 aliphatic heterocycles. The van der Waals surface area contributed by atoms with Crippen molar-refractivity contribution in [1.29, 1.82) is 0 Å². The van der Waals surface area contributed by atoms with Crippen molar-refractivity contribution in [3.05, 3.63) is 27.7 Å². The molecule has 0 fully saturated rings. The van der Waals surface area contributed by atoms with Gasteiger partial charge < -0.3 is 9.84 Å². The van der Waals surface area contributed by atoms with E-state index in [2.05, 4.69) is 4.74 Å². The average Bonchev–Trinajstić information content (AvgIpc) is 2.41. The molecule has 21 heavy (non-hydrogen) atoms. The van der Waals surface area contributed by atoms with Crippen LogP contribution in [0.25, 0.3) is 0 Å². The van der Waals surface area contributed by atoms with Crippen LogP contribution in [0.2, 0.25) is 10.0 Å². The lowest BCUT2D eigenvalue weighted by atomic mass is 10.2. The van der Waals surface area contributed by atoms with Gasteiger partial charge in [-0.2, -0.15) is 4.72 Å². The van der Waals surface area contributed by atoms with Gasteiger partial charge in [0, 0.05) is 10.0 Å².